The standard InChI is InChI=1S/C26H35N5O5/c1-5-30-24(33)20-15-19(23(32)27-13-12-17-10-11-21(35-3)22(14-17)36-4)29-31(20)16-26(30,2)25(34)28-18-8-6-7-9-18/h10-11,14-15,18H,5-9,12-13,16H2,1-4H3,(H,27,32)(H,28,34)/t26-/m0/s1. The zero-order chi connectivity index (χ0) is 25.9. The molecular formula is C26H35N5O5. The number of rotatable bonds is 9. The lowest BCUT2D eigenvalue weighted by Crippen LogP contribution is -2.64. The van der Waals surface area contributed by atoms with Gasteiger partial charge in [-0.25, -0.2) is 0 Å². The number of amides is 3. The molecule has 2 heterocycles. The number of nitrogens with one attached hydrogen (secondary N) is 2. The molecule has 0 unspecified atom stereocenters. The van der Waals surface area contributed by atoms with E-state index in [1.165, 1.54) is 10.7 Å². The zero-order valence-electron chi connectivity index (χ0n) is 21.4. The van der Waals surface area contributed by atoms with E-state index in [2.05, 4.69) is 15.7 Å². The number of aromatic nitrogens is 2. The molecule has 1 atom stereocenters. The summed E-state index contributed by atoms with van der Waals surface area (Å²) >= 11 is 0. The molecule has 0 saturated heterocycles. The average molecular weight is 498 g/mol. The van der Waals surface area contributed by atoms with Crippen LogP contribution in [0.5, 0.6) is 11.5 Å². The minimum atomic E-state index is -1.07. The Bertz CT molecular complexity index is 1140. The van der Waals surface area contributed by atoms with E-state index in [4.69, 9.17) is 9.47 Å². The summed E-state index contributed by atoms with van der Waals surface area (Å²) in [4.78, 5) is 40.9. The number of ether oxygens (including phenoxy) is 2. The second kappa shape index (κ2) is 10.6. The highest BCUT2D eigenvalue weighted by Gasteiger charge is 2.48. The van der Waals surface area contributed by atoms with Gasteiger partial charge in [-0.2, -0.15) is 5.10 Å². The van der Waals surface area contributed by atoms with Crippen LogP contribution in [-0.4, -0.2) is 71.3 Å². The second-order valence-corrected chi connectivity index (χ2v) is 9.55. The normalized spacial score (nSPS) is 19.7. The number of hydrogen-bond donors (Lipinski definition) is 2. The molecule has 1 aromatic carbocycles. The molecule has 1 aliphatic carbocycles. The topological polar surface area (TPSA) is 115 Å². The number of benzene rings is 1. The monoisotopic (exact) mass is 497 g/mol. The van der Waals surface area contributed by atoms with Gasteiger partial charge in [-0.1, -0.05) is 18.9 Å². The van der Waals surface area contributed by atoms with E-state index in [9.17, 15) is 14.4 Å². The molecule has 0 bridgehead atoms. The van der Waals surface area contributed by atoms with Crippen LogP contribution in [0, 0.1) is 0 Å². The van der Waals surface area contributed by atoms with Gasteiger partial charge < -0.3 is 25.0 Å². The van der Waals surface area contributed by atoms with Crippen LogP contribution >= 0.6 is 0 Å². The first-order chi connectivity index (χ1) is 17.3. The molecule has 2 N–H and O–H groups in total. The van der Waals surface area contributed by atoms with Gasteiger partial charge in [-0.3, -0.25) is 19.1 Å². The molecule has 0 radical (unpaired) electrons. The number of hydrogen-bond acceptors (Lipinski definition) is 6. The van der Waals surface area contributed by atoms with Gasteiger partial charge in [0, 0.05) is 25.2 Å². The fraction of sp³-hybridized carbons (Fsp3) is 0.538. The summed E-state index contributed by atoms with van der Waals surface area (Å²) in [5.74, 6) is 0.424. The summed E-state index contributed by atoms with van der Waals surface area (Å²) in [6.07, 6.45) is 4.71. The fourth-order valence-electron chi connectivity index (χ4n) is 5.10. The first-order valence-corrected chi connectivity index (χ1v) is 12.5. The zero-order valence-corrected chi connectivity index (χ0v) is 21.4. The van der Waals surface area contributed by atoms with Gasteiger partial charge in [-0.15, -0.1) is 0 Å². The lowest BCUT2D eigenvalue weighted by Gasteiger charge is -2.43. The Morgan fingerprint density at radius 1 is 1.14 bits per heavy atom. The quantitative estimate of drug-likeness (QED) is 0.549. The molecule has 36 heavy (non-hydrogen) atoms. The van der Waals surface area contributed by atoms with Crippen LogP contribution in [0.15, 0.2) is 24.3 Å². The SMILES string of the molecule is CCN1C(=O)c2cc(C(=O)NCCc3ccc(OC)c(OC)c3)nn2C[C@@]1(C)C(=O)NC1CCCC1. The summed E-state index contributed by atoms with van der Waals surface area (Å²) < 4.78 is 12.1. The molecule has 194 valence electrons. The van der Waals surface area contributed by atoms with Crippen LogP contribution in [-0.2, 0) is 17.8 Å². The molecule has 0 spiro atoms. The Morgan fingerprint density at radius 3 is 2.53 bits per heavy atom. The smallest absolute Gasteiger partial charge is 0.273 e. The molecule has 10 nitrogen and oxygen atoms in total. The largest absolute Gasteiger partial charge is 0.493 e. The van der Waals surface area contributed by atoms with Crippen molar-refractivity contribution in [3.63, 3.8) is 0 Å². The second-order valence-electron chi connectivity index (χ2n) is 9.55. The van der Waals surface area contributed by atoms with Crippen LogP contribution in [0.2, 0.25) is 0 Å². The van der Waals surface area contributed by atoms with Gasteiger partial charge in [0.25, 0.3) is 11.8 Å². The van der Waals surface area contributed by atoms with Gasteiger partial charge in [0.15, 0.2) is 17.2 Å². The predicted molar refractivity (Wildman–Crippen MR) is 133 cm³/mol. The van der Waals surface area contributed by atoms with E-state index in [0.717, 1.165) is 31.2 Å². The van der Waals surface area contributed by atoms with Gasteiger partial charge in [-0.05, 0) is 50.8 Å². The van der Waals surface area contributed by atoms with E-state index in [-0.39, 0.29) is 36.0 Å². The Hall–Kier alpha value is -3.56. The van der Waals surface area contributed by atoms with Crippen LogP contribution in [0.1, 0.15) is 66.1 Å². The molecule has 1 aromatic heterocycles. The van der Waals surface area contributed by atoms with Crippen LogP contribution < -0.4 is 20.1 Å². The van der Waals surface area contributed by atoms with E-state index in [1.54, 1.807) is 26.0 Å². The Labute approximate surface area is 211 Å². The fourth-order valence-corrected chi connectivity index (χ4v) is 5.10. The van der Waals surface area contributed by atoms with E-state index < -0.39 is 5.54 Å². The average Bonchev–Trinajstić information content (AvgIpc) is 3.54. The highest BCUT2D eigenvalue weighted by atomic mass is 16.5. The van der Waals surface area contributed by atoms with Crippen LogP contribution in [0.25, 0.3) is 0 Å². The highest BCUT2D eigenvalue weighted by molar-refractivity contribution is 6.01. The van der Waals surface area contributed by atoms with Crippen molar-refractivity contribution in [1.82, 2.24) is 25.3 Å². The maximum absolute atomic E-state index is 13.3. The number of likely N-dealkylation sites (N-methyl/N-ethyl adjacent to an activating group) is 1. The maximum Gasteiger partial charge on any atom is 0.273 e. The van der Waals surface area contributed by atoms with Gasteiger partial charge in [0.2, 0.25) is 5.91 Å². The number of nitrogens with zero attached hydrogens (tertiary/aromatic N) is 3. The number of methoxy groups -OCH3 is 2. The van der Waals surface area contributed by atoms with Crippen molar-refractivity contribution in [2.75, 3.05) is 27.3 Å². The molecule has 10 heteroatoms. The summed E-state index contributed by atoms with van der Waals surface area (Å²) in [6.45, 7) is 4.58. The third-order valence-electron chi connectivity index (χ3n) is 7.17. The summed E-state index contributed by atoms with van der Waals surface area (Å²) in [5, 5.41) is 10.4. The lowest BCUT2D eigenvalue weighted by molar-refractivity contribution is -0.133. The van der Waals surface area contributed by atoms with Crippen LogP contribution in [0.3, 0.4) is 0 Å². The third-order valence-corrected chi connectivity index (χ3v) is 7.17. The first kappa shape index (κ1) is 25.5. The van der Waals surface area contributed by atoms with Crippen molar-refractivity contribution in [3.8, 4) is 11.5 Å². The maximum atomic E-state index is 13.3. The Morgan fingerprint density at radius 2 is 1.86 bits per heavy atom. The molecule has 1 aliphatic heterocycles. The van der Waals surface area contributed by atoms with Crippen molar-refractivity contribution in [1.29, 1.82) is 0 Å². The molecule has 1 saturated carbocycles. The summed E-state index contributed by atoms with van der Waals surface area (Å²) in [5.41, 5.74) is 0.374. The highest BCUT2D eigenvalue weighted by Crippen LogP contribution is 2.29. The number of fused-ring (bicyclic) bond motifs is 1. The van der Waals surface area contributed by atoms with Gasteiger partial charge in [0.05, 0.1) is 20.8 Å². The number of carbonyl (C=O) groups excluding carboxylic acids is 3. The van der Waals surface area contributed by atoms with E-state index in [1.807, 2.05) is 25.1 Å². The summed E-state index contributed by atoms with van der Waals surface area (Å²) in [7, 11) is 3.16. The molecule has 2 aromatic rings. The van der Waals surface area contributed by atoms with E-state index in [0.29, 0.717) is 36.7 Å². The Balaban J connectivity index is 1.44. The molecule has 2 aliphatic rings. The molecular weight excluding hydrogens is 462 g/mol. The van der Waals surface area contributed by atoms with Crippen molar-refractivity contribution in [2.24, 2.45) is 0 Å². The minimum Gasteiger partial charge on any atom is -0.493 e. The number of carbonyl (C=O) groups is 3. The van der Waals surface area contributed by atoms with E-state index >= 15 is 0 Å². The van der Waals surface area contributed by atoms with Gasteiger partial charge >= 0.3 is 0 Å². The van der Waals surface area contributed by atoms with Crippen molar-refractivity contribution >= 4 is 17.7 Å². The first-order valence-electron chi connectivity index (χ1n) is 12.5. The molecule has 4 rings (SSSR count). The molecule has 1 fully saturated rings. The minimum absolute atomic E-state index is 0.147. The molecule has 3 amide bonds. The predicted octanol–water partition coefficient (Wildman–Crippen LogP) is 2.17. The lowest BCUT2D eigenvalue weighted by atomic mass is 9.94. The Kier molecular flexibility index (Phi) is 7.51. The third kappa shape index (κ3) is 4.89. The summed E-state index contributed by atoms with van der Waals surface area (Å²) in [6, 6.07) is 7.26. The van der Waals surface area contributed by atoms with Crippen LogP contribution in [0.4, 0.5) is 0 Å². The van der Waals surface area contributed by atoms with Gasteiger partial charge in [0.1, 0.15) is 11.2 Å². The van der Waals surface area contributed by atoms with Crippen molar-refractivity contribution in [3.05, 3.63) is 41.2 Å². The van der Waals surface area contributed by atoms with Crippen molar-refractivity contribution in [2.45, 2.75) is 64.1 Å². The van der Waals surface area contributed by atoms with Crippen molar-refractivity contribution < 1.29 is 23.9 Å².